The Hall–Kier alpha value is -1.82. The fourth-order valence-corrected chi connectivity index (χ4v) is 1.07. The molecule has 86 valence electrons. The lowest BCUT2D eigenvalue weighted by Gasteiger charge is -2.10. The SMILES string of the molecule is CN(C)C(=O)Oc1ccc(Cl)cc1[N+](=O)[O-]. The Bertz CT molecular complexity index is 434. The van der Waals surface area contributed by atoms with Crippen LogP contribution in [0.4, 0.5) is 10.5 Å². The minimum Gasteiger partial charge on any atom is -0.403 e. The van der Waals surface area contributed by atoms with Gasteiger partial charge in [0.25, 0.3) is 0 Å². The van der Waals surface area contributed by atoms with Crippen LogP contribution in [0.2, 0.25) is 5.02 Å². The van der Waals surface area contributed by atoms with E-state index in [1.165, 1.54) is 31.1 Å². The Kier molecular flexibility index (Phi) is 3.68. The zero-order chi connectivity index (χ0) is 12.3. The van der Waals surface area contributed by atoms with Crippen LogP contribution in [-0.2, 0) is 0 Å². The van der Waals surface area contributed by atoms with Crippen LogP contribution >= 0.6 is 11.6 Å². The lowest BCUT2D eigenvalue weighted by atomic mass is 10.3. The van der Waals surface area contributed by atoms with Crippen molar-refractivity contribution in [3.63, 3.8) is 0 Å². The Morgan fingerprint density at radius 1 is 1.50 bits per heavy atom. The summed E-state index contributed by atoms with van der Waals surface area (Å²) in [6, 6.07) is 3.81. The number of nitro benzene ring substituents is 1. The first-order valence-electron chi connectivity index (χ1n) is 4.25. The molecule has 0 aliphatic carbocycles. The number of hydrogen-bond donors (Lipinski definition) is 0. The first kappa shape index (κ1) is 12.3. The van der Waals surface area contributed by atoms with E-state index >= 15 is 0 Å². The summed E-state index contributed by atoms with van der Waals surface area (Å²) in [7, 11) is 2.95. The van der Waals surface area contributed by atoms with Crippen LogP contribution in [0.3, 0.4) is 0 Å². The second-order valence-electron chi connectivity index (χ2n) is 3.13. The second kappa shape index (κ2) is 4.80. The highest BCUT2D eigenvalue weighted by atomic mass is 35.5. The van der Waals surface area contributed by atoms with E-state index < -0.39 is 11.0 Å². The summed E-state index contributed by atoms with van der Waals surface area (Å²) in [5, 5.41) is 10.9. The van der Waals surface area contributed by atoms with E-state index in [0.717, 1.165) is 6.07 Å². The number of rotatable bonds is 2. The van der Waals surface area contributed by atoms with Crippen LogP contribution in [0, 0.1) is 10.1 Å². The van der Waals surface area contributed by atoms with Crippen molar-refractivity contribution in [3.8, 4) is 5.75 Å². The zero-order valence-electron chi connectivity index (χ0n) is 8.64. The van der Waals surface area contributed by atoms with Crippen molar-refractivity contribution in [1.29, 1.82) is 0 Å². The average Bonchev–Trinajstić information content (AvgIpc) is 2.20. The number of amides is 1. The van der Waals surface area contributed by atoms with Gasteiger partial charge in [-0.1, -0.05) is 11.6 Å². The van der Waals surface area contributed by atoms with E-state index in [0.29, 0.717) is 0 Å². The van der Waals surface area contributed by atoms with Gasteiger partial charge in [0.05, 0.1) is 4.92 Å². The van der Waals surface area contributed by atoms with Gasteiger partial charge in [0.2, 0.25) is 5.75 Å². The molecule has 0 fully saturated rings. The molecule has 0 bridgehead atoms. The highest BCUT2D eigenvalue weighted by Gasteiger charge is 2.19. The van der Waals surface area contributed by atoms with E-state index in [1.54, 1.807) is 0 Å². The number of halogens is 1. The first-order chi connectivity index (χ1) is 7.41. The van der Waals surface area contributed by atoms with Crippen LogP contribution < -0.4 is 4.74 Å². The molecule has 0 atom stereocenters. The van der Waals surface area contributed by atoms with Gasteiger partial charge in [0.1, 0.15) is 0 Å². The Balaban J connectivity index is 3.04. The molecule has 6 nitrogen and oxygen atoms in total. The van der Waals surface area contributed by atoms with Crippen LogP contribution in [0.15, 0.2) is 18.2 Å². The van der Waals surface area contributed by atoms with E-state index in [-0.39, 0.29) is 16.5 Å². The third kappa shape index (κ3) is 2.83. The summed E-state index contributed by atoms with van der Waals surface area (Å²) in [4.78, 5) is 22.4. The van der Waals surface area contributed by atoms with E-state index in [1.807, 2.05) is 0 Å². The second-order valence-corrected chi connectivity index (χ2v) is 3.57. The number of carbonyl (C=O) groups is 1. The third-order valence-electron chi connectivity index (χ3n) is 1.68. The van der Waals surface area contributed by atoms with E-state index in [9.17, 15) is 14.9 Å². The number of nitrogens with zero attached hydrogens (tertiary/aromatic N) is 2. The van der Waals surface area contributed by atoms with Gasteiger partial charge in [-0.05, 0) is 12.1 Å². The van der Waals surface area contributed by atoms with Crippen molar-refractivity contribution in [2.24, 2.45) is 0 Å². The molecule has 0 aromatic heterocycles. The Morgan fingerprint density at radius 2 is 2.12 bits per heavy atom. The maximum Gasteiger partial charge on any atom is 0.414 e. The topological polar surface area (TPSA) is 72.7 Å². The summed E-state index contributed by atoms with van der Waals surface area (Å²) < 4.78 is 4.81. The van der Waals surface area contributed by atoms with Gasteiger partial charge in [0.15, 0.2) is 0 Å². The minimum absolute atomic E-state index is 0.131. The van der Waals surface area contributed by atoms with Gasteiger partial charge in [-0.25, -0.2) is 4.79 Å². The predicted octanol–water partition coefficient (Wildman–Crippen LogP) is 2.31. The molecule has 0 saturated carbocycles. The van der Waals surface area contributed by atoms with Crippen LogP contribution in [0.25, 0.3) is 0 Å². The third-order valence-corrected chi connectivity index (χ3v) is 1.92. The van der Waals surface area contributed by atoms with Gasteiger partial charge < -0.3 is 9.64 Å². The van der Waals surface area contributed by atoms with Gasteiger partial charge in [-0.2, -0.15) is 0 Å². The molecule has 0 aliphatic heterocycles. The van der Waals surface area contributed by atoms with E-state index in [4.69, 9.17) is 16.3 Å². The molecule has 16 heavy (non-hydrogen) atoms. The van der Waals surface area contributed by atoms with E-state index in [2.05, 4.69) is 0 Å². The molecule has 0 spiro atoms. The average molecular weight is 245 g/mol. The molecule has 1 aromatic rings. The molecular formula is C9H9ClN2O4. The van der Waals surface area contributed by atoms with Gasteiger partial charge >= 0.3 is 11.8 Å². The summed E-state index contributed by atoms with van der Waals surface area (Å²) in [5.41, 5.74) is -0.345. The summed E-state index contributed by atoms with van der Waals surface area (Å²) >= 11 is 5.60. The molecule has 0 radical (unpaired) electrons. The molecule has 1 amide bonds. The quantitative estimate of drug-likeness (QED) is 0.591. The highest BCUT2D eigenvalue weighted by Crippen LogP contribution is 2.30. The molecule has 0 saturated heterocycles. The van der Waals surface area contributed by atoms with Crippen molar-refractivity contribution >= 4 is 23.4 Å². The number of carbonyl (C=O) groups excluding carboxylic acids is 1. The smallest absolute Gasteiger partial charge is 0.403 e. The molecule has 0 heterocycles. The fourth-order valence-electron chi connectivity index (χ4n) is 0.905. The molecule has 1 rings (SSSR count). The van der Waals surface area contributed by atoms with Crippen LogP contribution in [0.5, 0.6) is 5.75 Å². The standard InChI is InChI=1S/C9H9ClN2O4/c1-11(2)9(13)16-8-4-3-6(10)5-7(8)12(14)15/h3-5H,1-2H3. The number of hydrogen-bond acceptors (Lipinski definition) is 4. The Labute approximate surface area is 96.5 Å². The van der Waals surface area contributed by atoms with Crippen molar-refractivity contribution in [3.05, 3.63) is 33.3 Å². The van der Waals surface area contributed by atoms with Crippen molar-refractivity contribution < 1.29 is 14.5 Å². The summed E-state index contributed by atoms with van der Waals surface area (Å²) in [6.07, 6.45) is -0.689. The lowest BCUT2D eigenvalue weighted by molar-refractivity contribution is -0.385. The fraction of sp³-hybridized carbons (Fsp3) is 0.222. The molecular weight excluding hydrogens is 236 g/mol. The normalized spacial score (nSPS) is 9.69. The van der Waals surface area contributed by atoms with Crippen molar-refractivity contribution in [1.82, 2.24) is 4.90 Å². The number of ether oxygens (including phenoxy) is 1. The maximum absolute atomic E-state index is 11.2. The monoisotopic (exact) mass is 244 g/mol. The minimum atomic E-state index is -0.689. The summed E-state index contributed by atoms with van der Waals surface area (Å²) in [6.45, 7) is 0. The largest absolute Gasteiger partial charge is 0.414 e. The lowest BCUT2D eigenvalue weighted by Crippen LogP contribution is -2.25. The predicted molar refractivity (Wildman–Crippen MR) is 57.8 cm³/mol. The highest BCUT2D eigenvalue weighted by molar-refractivity contribution is 6.30. The molecule has 7 heteroatoms. The first-order valence-corrected chi connectivity index (χ1v) is 4.62. The zero-order valence-corrected chi connectivity index (χ0v) is 9.39. The van der Waals surface area contributed by atoms with Gasteiger partial charge in [0, 0.05) is 25.2 Å². The maximum atomic E-state index is 11.2. The van der Waals surface area contributed by atoms with Gasteiger partial charge in [-0.15, -0.1) is 0 Å². The van der Waals surface area contributed by atoms with Gasteiger partial charge in [-0.3, -0.25) is 10.1 Å². The molecule has 0 unspecified atom stereocenters. The molecule has 0 N–H and O–H groups in total. The Morgan fingerprint density at radius 3 is 2.62 bits per heavy atom. The van der Waals surface area contributed by atoms with Crippen LogP contribution in [0.1, 0.15) is 0 Å². The number of benzene rings is 1. The summed E-state index contributed by atoms with van der Waals surface area (Å²) in [5.74, 6) is -0.131. The molecule has 1 aromatic carbocycles. The van der Waals surface area contributed by atoms with Crippen molar-refractivity contribution in [2.45, 2.75) is 0 Å². The number of nitro groups is 1. The van der Waals surface area contributed by atoms with Crippen LogP contribution in [-0.4, -0.2) is 30.0 Å². The van der Waals surface area contributed by atoms with Crippen molar-refractivity contribution in [2.75, 3.05) is 14.1 Å². The molecule has 0 aliphatic rings.